The molecule has 0 radical (unpaired) electrons. The van der Waals surface area contributed by atoms with E-state index in [1.54, 1.807) is 12.1 Å². The van der Waals surface area contributed by atoms with E-state index < -0.39 is 0 Å². The van der Waals surface area contributed by atoms with Gasteiger partial charge in [0.2, 0.25) is 11.0 Å². The number of nitrogens with zero attached hydrogens (tertiary/aromatic N) is 3. The van der Waals surface area contributed by atoms with Crippen molar-refractivity contribution < 1.29 is 9.59 Å². The number of hydrogen-bond donors (Lipinski definition) is 1. The van der Waals surface area contributed by atoms with E-state index in [0.29, 0.717) is 32.3 Å². The van der Waals surface area contributed by atoms with Gasteiger partial charge in [0.05, 0.1) is 4.91 Å². The van der Waals surface area contributed by atoms with Crippen LogP contribution in [0.1, 0.15) is 30.3 Å². The van der Waals surface area contributed by atoms with Gasteiger partial charge in [-0.15, -0.1) is 10.2 Å². The Hall–Kier alpha value is -1.81. The minimum absolute atomic E-state index is 0.157. The lowest BCUT2D eigenvalue weighted by molar-refractivity contribution is -0.122. The van der Waals surface area contributed by atoms with E-state index in [2.05, 4.69) is 15.5 Å². The number of anilines is 1. The molecule has 0 spiro atoms. The van der Waals surface area contributed by atoms with Gasteiger partial charge < -0.3 is 5.32 Å². The number of carbonyl (C=O) groups is 2. The third kappa shape index (κ3) is 5.16. The summed E-state index contributed by atoms with van der Waals surface area (Å²) in [5.41, 5.74) is 0.771. The number of halogens is 1. The molecule has 2 aromatic rings. The van der Waals surface area contributed by atoms with E-state index in [-0.39, 0.29) is 18.2 Å². The lowest BCUT2D eigenvalue weighted by atomic mass is 10.2. The summed E-state index contributed by atoms with van der Waals surface area (Å²) in [7, 11) is 0. The molecule has 10 heteroatoms. The second-order valence-electron chi connectivity index (χ2n) is 5.86. The molecular formula is C18H17ClN4O2S3. The molecule has 1 aromatic carbocycles. The van der Waals surface area contributed by atoms with Crippen LogP contribution >= 0.6 is 46.9 Å². The predicted octanol–water partition coefficient (Wildman–Crippen LogP) is 4.37. The van der Waals surface area contributed by atoms with Crippen LogP contribution in [0.25, 0.3) is 6.08 Å². The van der Waals surface area contributed by atoms with E-state index in [9.17, 15) is 9.59 Å². The molecule has 0 unspecified atom stereocenters. The normalized spacial score (nSPS) is 15.5. The van der Waals surface area contributed by atoms with E-state index in [0.717, 1.165) is 17.0 Å². The Labute approximate surface area is 181 Å². The molecule has 1 aliphatic heterocycles. The van der Waals surface area contributed by atoms with Crippen molar-refractivity contribution in [2.45, 2.75) is 26.2 Å². The number of amides is 2. The third-order valence-corrected chi connectivity index (χ3v) is 6.57. The number of thiocarbonyl (C=S) groups is 1. The first kappa shape index (κ1) is 20.9. The molecule has 1 N–H and O–H groups in total. The Kier molecular flexibility index (Phi) is 7.17. The minimum Gasteiger partial charge on any atom is -0.301 e. The lowest BCUT2D eigenvalue weighted by Crippen LogP contribution is -2.29. The van der Waals surface area contributed by atoms with Gasteiger partial charge in [-0.2, -0.15) is 0 Å². The predicted molar refractivity (Wildman–Crippen MR) is 118 cm³/mol. The molecule has 1 aromatic heterocycles. The van der Waals surface area contributed by atoms with Gasteiger partial charge in [-0.3, -0.25) is 14.5 Å². The van der Waals surface area contributed by atoms with Crippen LogP contribution in [-0.4, -0.2) is 37.8 Å². The molecule has 3 rings (SSSR count). The maximum atomic E-state index is 12.6. The number of aromatic nitrogens is 2. The lowest BCUT2D eigenvalue weighted by Gasteiger charge is -2.13. The van der Waals surface area contributed by atoms with Gasteiger partial charge in [0.25, 0.3) is 5.91 Å². The Bertz CT molecular complexity index is 944. The first-order valence-corrected chi connectivity index (χ1v) is 11.0. The highest BCUT2D eigenvalue weighted by Gasteiger charge is 2.31. The molecule has 1 aliphatic rings. The number of thioether (sulfide) groups is 1. The average molecular weight is 453 g/mol. The largest absolute Gasteiger partial charge is 0.301 e. The Balaban J connectivity index is 1.53. The van der Waals surface area contributed by atoms with Gasteiger partial charge in [-0.25, -0.2) is 0 Å². The summed E-state index contributed by atoms with van der Waals surface area (Å²) in [6.45, 7) is 2.36. The monoisotopic (exact) mass is 452 g/mol. The second kappa shape index (κ2) is 9.60. The fourth-order valence-electron chi connectivity index (χ4n) is 2.45. The molecule has 6 nitrogen and oxygen atoms in total. The number of benzene rings is 1. The maximum absolute atomic E-state index is 12.6. The van der Waals surface area contributed by atoms with Crippen LogP contribution in [0.2, 0.25) is 5.02 Å². The van der Waals surface area contributed by atoms with Crippen molar-refractivity contribution in [3.8, 4) is 0 Å². The van der Waals surface area contributed by atoms with Crippen molar-refractivity contribution in [1.29, 1.82) is 0 Å². The van der Waals surface area contributed by atoms with Crippen LogP contribution in [0.3, 0.4) is 0 Å². The number of carbonyl (C=O) groups excluding carboxylic acids is 2. The van der Waals surface area contributed by atoms with Crippen molar-refractivity contribution in [2.75, 3.05) is 11.9 Å². The van der Waals surface area contributed by atoms with Crippen molar-refractivity contribution in [2.24, 2.45) is 0 Å². The zero-order valence-corrected chi connectivity index (χ0v) is 18.2. The first-order chi connectivity index (χ1) is 13.5. The van der Waals surface area contributed by atoms with Crippen molar-refractivity contribution in [3.05, 3.63) is 44.8 Å². The SMILES string of the molecule is CCc1nnc(NC(=O)CCCN2C(=O)C(=Cc3ccccc3Cl)SC2=S)s1. The van der Waals surface area contributed by atoms with E-state index in [1.165, 1.54) is 28.0 Å². The Morgan fingerprint density at radius 2 is 2.14 bits per heavy atom. The summed E-state index contributed by atoms with van der Waals surface area (Å²) in [6.07, 6.45) is 3.29. The highest BCUT2D eigenvalue weighted by molar-refractivity contribution is 8.26. The topological polar surface area (TPSA) is 75.2 Å². The summed E-state index contributed by atoms with van der Waals surface area (Å²) in [5, 5.41) is 12.6. The number of rotatable bonds is 7. The average Bonchev–Trinajstić information content (AvgIpc) is 3.23. The molecule has 1 saturated heterocycles. The van der Waals surface area contributed by atoms with Crippen LogP contribution in [0.15, 0.2) is 29.2 Å². The highest BCUT2D eigenvalue weighted by Crippen LogP contribution is 2.33. The number of aryl methyl sites for hydroxylation is 1. The maximum Gasteiger partial charge on any atom is 0.266 e. The van der Waals surface area contributed by atoms with Crippen LogP contribution in [0.4, 0.5) is 5.13 Å². The molecule has 0 aliphatic carbocycles. The van der Waals surface area contributed by atoms with Crippen molar-refractivity contribution >= 4 is 74.3 Å². The summed E-state index contributed by atoms with van der Waals surface area (Å²) in [4.78, 5) is 26.7. The molecule has 0 atom stereocenters. The second-order valence-corrected chi connectivity index (χ2v) is 9.01. The highest BCUT2D eigenvalue weighted by atomic mass is 35.5. The van der Waals surface area contributed by atoms with Crippen LogP contribution < -0.4 is 5.32 Å². The molecule has 28 heavy (non-hydrogen) atoms. The first-order valence-electron chi connectivity index (χ1n) is 8.60. The fourth-order valence-corrected chi connectivity index (χ4v) is 4.64. The summed E-state index contributed by atoms with van der Waals surface area (Å²) >= 11 is 14.1. The minimum atomic E-state index is -0.160. The van der Waals surface area contributed by atoms with Gasteiger partial charge >= 0.3 is 0 Å². The summed E-state index contributed by atoms with van der Waals surface area (Å²) in [6, 6.07) is 7.31. The summed E-state index contributed by atoms with van der Waals surface area (Å²) < 4.78 is 0.487. The van der Waals surface area contributed by atoms with E-state index >= 15 is 0 Å². The third-order valence-electron chi connectivity index (χ3n) is 3.87. The quantitative estimate of drug-likeness (QED) is 0.496. The van der Waals surface area contributed by atoms with Crippen molar-refractivity contribution in [3.63, 3.8) is 0 Å². The van der Waals surface area contributed by atoms with Gasteiger partial charge in [-0.05, 0) is 30.5 Å². The number of hydrogen-bond acceptors (Lipinski definition) is 7. The van der Waals surface area contributed by atoms with Gasteiger partial charge in [0.1, 0.15) is 9.33 Å². The molecule has 2 amide bonds. The summed E-state index contributed by atoms with van der Waals surface area (Å²) in [5.74, 6) is -0.317. The molecule has 0 saturated carbocycles. The molecule has 2 heterocycles. The standard InChI is InChI=1S/C18H17ClN4O2S3/c1-2-15-21-22-17(28-15)20-14(24)8-5-9-23-16(25)13(27-18(23)26)10-11-6-3-4-7-12(11)19/h3-4,6-7,10H,2,5,8-9H2,1H3,(H,20,22,24). The Morgan fingerprint density at radius 3 is 2.86 bits per heavy atom. The van der Waals surface area contributed by atoms with Crippen LogP contribution in [0.5, 0.6) is 0 Å². The molecule has 1 fully saturated rings. The Morgan fingerprint density at radius 1 is 1.36 bits per heavy atom. The van der Waals surface area contributed by atoms with Gasteiger partial charge in [-0.1, -0.05) is 72.0 Å². The van der Waals surface area contributed by atoms with E-state index in [4.69, 9.17) is 23.8 Å². The molecule has 0 bridgehead atoms. The fraction of sp³-hybridized carbons (Fsp3) is 0.278. The van der Waals surface area contributed by atoms with Crippen LogP contribution in [0, 0.1) is 0 Å². The zero-order valence-electron chi connectivity index (χ0n) is 15.0. The van der Waals surface area contributed by atoms with Crippen molar-refractivity contribution in [1.82, 2.24) is 15.1 Å². The molecular weight excluding hydrogens is 436 g/mol. The van der Waals surface area contributed by atoms with Gasteiger partial charge in [0.15, 0.2) is 0 Å². The zero-order chi connectivity index (χ0) is 20.1. The van der Waals surface area contributed by atoms with Gasteiger partial charge in [0, 0.05) is 18.0 Å². The smallest absolute Gasteiger partial charge is 0.266 e. The van der Waals surface area contributed by atoms with Crippen LogP contribution in [-0.2, 0) is 16.0 Å². The van der Waals surface area contributed by atoms with E-state index in [1.807, 2.05) is 25.1 Å². The molecule has 146 valence electrons. The number of nitrogens with one attached hydrogen (secondary N) is 1.